The van der Waals surface area contributed by atoms with Crippen LogP contribution in [0.25, 0.3) is 0 Å². The quantitative estimate of drug-likeness (QED) is 0.896. The van der Waals surface area contributed by atoms with Crippen molar-refractivity contribution in [1.29, 1.82) is 0 Å². The number of hydrogen-bond donors (Lipinski definition) is 2. The van der Waals surface area contributed by atoms with E-state index in [0.29, 0.717) is 12.8 Å². The molecule has 1 fully saturated rings. The van der Waals surface area contributed by atoms with E-state index in [-0.39, 0.29) is 18.5 Å². The molecule has 2 rings (SSSR count). The molecule has 1 aliphatic carbocycles. The highest BCUT2D eigenvalue weighted by Gasteiger charge is 2.47. The maximum absolute atomic E-state index is 12.6. The van der Waals surface area contributed by atoms with Gasteiger partial charge in [-0.2, -0.15) is 18.3 Å². The van der Waals surface area contributed by atoms with Crippen molar-refractivity contribution in [3.8, 4) is 0 Å². The Morgan fingerprint density at radius 1 is 1.57 bits per heavy atom. The number of aliphatic carboxylic acids is 1. The number of carbonyl (C=O) groups is 1. The second kappa shape index (κ2) is 5.32. The molecule has 0 saturated heterocycles. The molecule has 1 aliphatic rings. The van der Waals surface area contributed by atoms with Gasteiger partial charge < -0.3 is 5.11 Å². The second-order valence-electron chi connectivity index (χ2n) is 5.79. The highest BCUT2D eigenvalue weighted by molar-refractivity contribution is 5.79. The van der Waals surface area contributed by atoms with Crippen LogP contribution < -0.4 is 5.32 Å². The van der Waals surface area contributed by atoms with Crippen molar-refractivity contribution in [1.82, 2.24) is 15.1 Å². The van der Waals surface area contributed by atoms with E-state index in [9.17, 15) is 23.1 Å². The van der Waals surface area contributed by atoms with Gasteiger partial charge >= 0.3 is 12.1 Å². The average Bonchev–Trinajstić information content (AvgIpc) is 2.93. The Labute approximate surface area is 120 Å². The van der Waals surface area contributed by atoms with E-state index < -0.39 is 23.2 Å². The number of hydrogen-bond acceptors (Lipinski definition) is 3. The first-order valence-electron chi connectivity index (χ1n) is 6.76. The van der Waals surface area contributed by atoms with Gasteiger partial charge in [0.05, 0.1) is 17.8 Å². The number of carboxylic acid groups (broad SMARTS) is 1. The molecule has 2 unspecified atom stereocenters. The summed E-state index contributed by atoms with van der Waals surface area (Å²) in [7, 11) is 0. The Morgan fingerprint density at radius 2 is 2.24 bits per heavy atom. The molecule has 0 spiro atoms. The number of nitrogens with zero attached hydrogens (tertiary/aromatic N) is 2. The average molecular weight is 305 g/mol. The summed E-state index contributed by atoms with van der Waals surface area (Å²) in [4.78, 5) is 11.5. The third-order valence-corrected chi connectivity index (χ3v) is 3.77. The molecule has 0 radical (unpaired) electrons. The summed E-state index contributed by atoms with van der Waals surface area (Å²) < 4.78 is 39.0. The Hall–Kier alpha value is -1.57. The molecule has 8 heteroatoms. The molecule has 1 saturated carbocycles. The van der Waals surface area contributed by atoms with E-state index in [4.69, 9.17) is 0 Å². The summed E-state index contributed by atoms with van der Waals surface area (Å²) in [6.45, 7) is 3.68. The lowest BCUT2D eigenvalue weighted by Crippen LogP contribution is -2.53. The van der Waals surface area contributed by atoms with Gasteiger partial charge in [-0.05, 0) is 33.1 Å². The van der Waals surface area contributed by atoms with Crippen LogP contribution in [0.3, 0.4) is 0 Å². The van der Waals surface area contributed by atoms with Crippen molar-refractivity contribution in [3.63, 3.8) is 0 Å². The molecular formula is C13H18F3N3O2. The number of aromatic nitrogens is 2. The van der Waals surface area contributed by atoms with E-state index in [2.05, 4.69) is 10.4 Å². The summed E-state index contributed by atoms with van der Waals surface area (Å²) in [5.41, 5.74) is -1.91. The molecular weight excluding hydrogens is 287 g/mol. The summed E-state index contributed by atoms with van der Waals surface area (Å²) in [6.07, 6.45) is -1.65. The fourth-order valence-electron chi connectivity index (χ4n) is 2.87. The number of nitrogens with one attached hydrogen (secondary N) is 1. The van der Waals surface area contributed by atoms with E-state index in [1.807, 2.05) is 13.8 Å². The topological polar surface area (TPSA) is 67.2 Å². The zero-order chi connectivity index (χ0) is 15.8. The van der Waals surface area contributed by atoms with Crippen LogP contribution in [0, 0.1) is 0 Å². The van der Waals surface area contributed by atoms with Crippen molar-refractivity contribution in [2.45, 2.75) is 56.9 Å². The van der Waals surface area contributed by atoms with Gasteiger partial charge in [0.15, 0.2) is 0 Å². The van der Waals surface area contributed by atoms with Gasteiger partial charge in [-0.25, -0.2) is 0 Å². The molecule has 1 aromatic rings. The number of rotatable bonds is 4. The lowest BCUT2D eigenvalue weighted by Gasteiger charge is -2.28. The molecule has 2 N–H and O–H groups in total. The third-order valence-electron chi connectivity index (χ3n) is 3.77. The van der Waals surface area contributed by atoms with Crippen LogP contribution in [0.5, 0.6) is 0 Å². The predicted octanol–water partition coefficient (Wildman–Crippen LogP) is 2.45. The fraction of sp³-hybridized carbons (Fsp3) is 0.692. The Balaban J connectivity index is 2.17. The lowest BCUT2D eigenvalue weighted by molar-refractivity contribution is -0.145. The van der Waals surface area contributed by atoms with Crippen LogP contribution in [0.15, 0.2) is 12.4 Å². The molecule has 1 heterocycles. The molecule has 0 aliphatic heterocycles. The summed E-state index contributed by atoms with van der Waals surface area (Å²) >= 11 is 0. The summed E-state index contributed by atoms with van der Waals surface area (Å²) in [5.74, 6) is -0.970. The molecule has 2 atom stereocenters. The third kappa shape index (κ3) is 3.20. The van der Waals surface area contributed by atoms with E-state index in [1.54, 1.807) is 0 Å². The van der Waals surface area contributed by atoms with Crippen molar-refractivity contribution < 1.29 is 23.1 Å². The van der Waals surface area contributed by atoms with Gasteiger partial charge in [0, 0.05) is 12.2 Å². The van der Waals surface area contributed by atoms with Crippen molar-refractivity contribution in [2.24, 2.45) is 0 Å². The Morgan fingerprint density at radius 3 is 2.71 bits per heavy atom. The van der Waals surface area contributed by atoms with Crippen LogP contribution in [0.4, 0.5) is 13.2 Å². The van der Waals surface area contributed by atoms with Gasteiger partial charge in [0.25, 0.3) is 0 Å². The zero-order valence-corrected chi connectivity index (χ0v) is 11.8. The van der Waals surface area contributed by atoms with Gasteiger partial charge in [0.1, 0.15) is 5.54 Å². The van der Waals surface area contributed by atoms with E-state index in [0.717, 1.165) is 12.4 Å². The largest absolute Gasteiger partial charge is 0.480 e. The number of alkyl halides is 3. The highest BCUT2D eigenvalue weighted by Crippen LogP contribution is 2.39. The first kappa shape index (κ1) is 15.8. The van der Waals surface area contributed by atoms with Gasteiger partial charge in [-0.15, -0.1) is 0 Å². The molecule has 1 aromatic heterocycles. The van der Waals surface area contributed by atoms with E-state index in [1.165, 1.54) is 4.68 Å². The molecule has 5 nitrogen and oxygen atoms in total. The first-order chi connectivity index (χ1) is 9.64. The van der Waals surface area contributed by atoms with Crippen LogP contribution in [-0.4, -0.2) is 32.4 Å². The zero-order valence-electron chi connectivity index (χ0n) is 11.8. The predicted molar refractivity (Wildman–Crippen MR) is 68.8 cm³/mol. The van der Waals surface area contributed by atoms with Crippen LogP contribution in [-0.2, 0) is 11.0 Å². The molecule has 0 aromatic carbocycles. The van der Waals surface area contributed by atoms with Gasteiger partial charge in [-0.1, -0.05) is 0 Å². The SMILES string of the molecule is CC(C)NC1(C(=O)O)CCC(n2cc(C(F)(F)F)cn2)C1. The molecule has 21 heavy (non-hydrogen) atoms. The smallest absolute Gasteiger partial charge is 0.419 e. The highest BCUT2D eigenvalue weighted by atomic mass is 19.4. The molecule has 118 valence electrons. The van der Waals surface area contributed by atoms with Crippen LogP contribution in [0.1, 0.15) is 44.7 Å². The van der Waals surface area contributed by atoms with Crippen LogP contribution in [0.2, 0.25) is 0 Å². The standard InChI is InChI=1S/C13H18F3N3O2/c1-8(2)18-12(11(20)21)4-3-10(5-12)19-7-9(6-17-19)13(14,15)16/h6-8,10,18H,3-5H2,1-2H3,(H,20,21). The monoisotopic (exact) mass is 305 g/mol. The fourth-order valence-corrected chi connectivity index (χ4v) is 2.87. The Kier molecular flexibility index (Phi) is 4.01. The van der Waals surface area contributed by atoms with Crippen molar-refractivity contribution in [2.75, 3.05) is 0 Å². The van der Waals surface area contributed by atoms with Gasteiger partial charge in [-0.3, -0.25) is 14.8 Å². The number of halogens is 3. The first-order valence-corrected chi connectivity index (χ1v) is 6.76. The number of carboxylic acids is 1. The lowest BCUT2D eigenvalue weighted by atomic mass is 9.96. The minimum Gasteiger partial charge on any atom is -0.480 e. The minimum atomic E-state index is -4.43. The van der Waals surface area contributed by atoms with Crippen LogP contribution >= 0.6 is 0 Å². The van der Waals surface area contributed by atoms with Gasteiger partial charge in [0.2, 0.25) is 0 Å². The minimum absolute atomic E-state index is 0.0248. The van der Waals surface area contributed by atoms with Crippen molar-refractivity contribution in [3.05, 3.63) is 18.0 Å². The maximum atomic E-state index is 12.6. The van der Waals surface area contributed by atoms with Crippen molar-refractivity contribution >= 4 is 5.97 Å². The maximum Gasteiger partial charge on any atom is 0.419 e. The molecule has 0 bridgehead atoms. The van der Waals surface area contributed by atoms with E-state index >= 15 is 0 Å². The Bertz CT molecular complexity index is 527. The summed E-state index contributed by atoms with van der Waals surface area (Å²) in [5, 5.41) is 16.2. The normalized spacial score (nSPS) is 26.5. The summed E-state index contributed by atoms with van der Waals surface area (Å²) in [6, 6.07) is -0.369. The molecule has 0 amide bonds. The second-order valence-corrected chi connectivity index (χ2v) is 5.79.